The molecule has 2 rings (SSSR count). The largest absolute Gasteiger partial charge is 0.493 e. The van der Waals surface area contributed by atoms with Gasteiger partial charge in [0.25, 0.3) is 0 Å². The van der Waals surface area contributed by atoms with E-state index < -0.39 is 11.7 Å². The zero-order chi connectivity index (χ0) is 15.3. The van der Waals surface area contributed by atoms with Gasteiger partial charge < -0.3 is 14.6 Å². The number of aliphatic hydroxyl groups is 1. The molecule has 3 nitrogen and oxygen atoms in total. The van der Waals surface area contributed by atoms with Gasteiger partial charge in [0.1, 0.15) is 11.9 Å². The molecule has 1 saturated carbocycles. The topological polar surface area (TPSA) is 38.7 Å². The number of hydrogen-bond acceptors (Lipinski definition) is 3. The SMILES string of the molecule is CCOc1ccccc1C(O)C1(OCC)CCCC(C)C1. The first-order valence-electron chi connectivity index (χ1n) is 8.16. The second kappa shape index (κ2) is 7.28. The van der Waals surface area contributed by atoms with Crippen LogP contribution in [0.25, 0.3) is 0 Å². The van der Waals surface area contributed by atoms with Crippen LogP contribution < -0.4 is 4.74 Å². The molecule has 1 aliphatic rings. The Morgan fingerprint density at radius 1 is 1.29 bits per heavy atom. The van der Waals surface area contributed by atoms with Gasteiger partial charge in [0.05, 0.1) is 12.2 Å². The van der Waals surface area contributed by atoms with E-state index in [0.717, 1.165) is 30.6 Å². The van der Waals surface area contributed by atoms with Crippen molar-refractivity contribution in [3.05, 3.63) is 29.8 Å². The van der Waals surface area contributed by atoms with Crippen LogP contribution in [0, 0.1) is 5.92 Å². The molecule has 0 radical (unpaired) electrons. The number of aliphatic hydroxyl groups excluding tert-OH is 1. The number of rotatable bonds is 6. The summed E-state index contributed by atoms with van der Waals surface area (Å²) in [5, 5.41) is 11.0. The molecule has 0 bridgehead atoms. The summed E-state index contributed by atoms with van der Waals surface area (Å²) in [7, 11) is 0. The molecule has 3 unspecified atom stereocenters. The quantitative estimate of drug-likeness (QED) is 0.857. The fraction of sp³-hybridized carbons (Fsp3) is 0.667. The van der Waals surface area contributed by atoms with Crippen molar-refractivity contribution in [1.82, 2.24) is 0 Å². The lowest BCUT2D eigenvalue weighted by molar-refractivity contribution is -0.150. The maximum atomic E-state index is 11.0. The van der Waals surface area contributed by atoms with Crippen LogP contribution in [-0.2, 0) is 4.74 Å². The van der Waals surface area contributed by atoms with Crippen molar-refractivity contribution in [1.29, 1.82) is 0 Å². The third-order valence-electron chi connectivity index (χ3n) is 4.43. The molecule has 1 aromatic carbocycles. The average Bonchev–Trinajstić information content (AvgIpc) is 2.48. The molecule has 0 saturated heterocycles. The summed E-state index contributed by atoms with van der Waals surface area (Å²) in [6.07, 6.45) is 3.50. The van der Waals surface area contributed by atoms with Crippen LogP contribution in [0.15, 0.2) is 24.3 Å². The second-order valence-corrected chi connectivity index (χ2v) is 6.07. The molecule has 1 N–H and O–H groups in total. The van der Waals surface area contributed by atoms with Crippen molar-refractivity contribution in [2.24, 2.45) is 5.92 Å². The van der Waals surface area contributed by atoms with Gasteiger partial charge in [0.2, 0.25) is 0 Å². The zero-order valence-electron chi connectivity index (χ0n) is 13.5. The predicted molar refractivity (Wildman–Crippen MR) is 84.6 cm³/mol. The van der Waals surface area contributed by atoms with E-state index in [9.17, 15) is 5.11 Å². The minimum absolute atomic E-state index is 0.473. The summed E-state index contributed by atoms with van der Waals surface area (Å²) in [6, 6.07) is 7.77. The normalized spacial score (nSPS) is 27.3. The van der Waals surface area contributed by atoms with Gasteiger partial charge in [-0.3, -0.25) is 0 Å². The Labute approximate surface area is 128 Å². The smallest absolute Gasteiger partial charge is 0.125 e. The molecule has 3 heteroatoms. The molecule has 0 amide bonds. The number of ether oxygens (including phenoxy) is 2. The highest BCUT2D eigenvalue weighted by atomic mass is 16.5. The first kappa shape index (κ1) is 16.3. The maximum Gasteiger partial charge on any atom is 0.125 e. The van der Waals surface area contributed by atoms with Crippen molar-refractivity contribution in [3.8, 4) is 5.75 Å². The molecule has 0 heterocycles. The fourth-order valence-electron chi connectivity index (χ4n) is 3.57. The highest BCUT2D eigenvalue weighted by molar-refractivity contribution is 5.36. The first-order chi connectivity index (χ1) is 10.1. The zero-order valence-corrected chi connectivity index (χ0v) is 13.5. The Hall–Kier alpha value is -1.06. The lowest BCUT2D eigenvalue weighted by atomic mass is 9.73. The molecule has 0 aliphatic heterocycles. The van der Waals surface area contributed by atoms with Crippen LogP contribution in [0.5, 0.6) is 5.75 Å². The van der Waals surface area contributed by atoms with Gasteiger partial charge in [0, 0.05) is 12.2 Å². The summed E-state index contributed by atoms with van der Waals surface area (Å²) in [4.78, 5) is 0. The Morgan fingerprint density at radius 2 is 2.05 bits per heavy atom. The van der Waals surface area contributed by atoms with Gasteiger partial charge in [-0.15, -0.1) is 0 Å². The van der Waals surface area contributed by atoms with E-state index >= 15 is 0 Å². The lowest BCUT2D eigenvalue weighted by Gasteiger charge is -2.43. The Bertz CT molecular complexity index is 442. The molecule has 0 aromatic heterocycles. The van der Waals surface area contributed by atoms with Crippen LogP contribution in [0.1, 0.15) is 58.1 Å². The van der Waals surface area contributed by atoms with E-state index in [0.29, 0.717) is 19.1 Å². The summed E-state index contributed by atoms with van der Waals surface area (Å²) >= 11 is 0. The van der Waals surface area contributed by atoms with Gasteiger partial charge in [-0.1, -0.05) is 38.0 Å². The fourth-order valence-corrected chi connectivity index (χ4v) is 3.57. The van der Waals surface area contributed by atoms with Crippen molar-refractivity contribution in [2.75, 3.05) is 13.2 Å². The van der Waals surface area contributed by atoms with Crippen LogP contribution in [-0.4, -0.2) is 23.9 Å². The maximum absolute atomic E-state index is 11.0. The van der Waals surface area contributed by atoms with Crippen molar-refractivity contribution in [3.63, 3.8) is 0 Å². The lowest BCUT2D eigenvalue weighted by Crippen LogP contribution is -2.43. The van der Waals surface area contributed by atoms with E-state index in [-0.39, 0.29) is 0 Å². The average molecular weight is 292 g/mol. The van der Waals surface area contributed by atoms with Gasteiger partial charge in [0.15, 0.2) is 0 Å². The molecule has 3 atom stereocenters. The van der Waals surface area contributed by atoms with E-state index in [1.165, 1.54) is 6.42 Å². The Kier molecular flexibility index (Phi) is 5.65. The molecular formula is C18H28O3. The van der Waals surface area contributed by atoms with E-state index in [1.54, 1.807) is 0 Å². The van der Waals surface area contributed by atoms with Crippen LogP contribution in [0.2, 0.25) is 0 Å². The molecule has 1 fully saturated rings. The first-order valence-corrected chi connectivity index (χ1v) is 8.16. The Morgan fingerprint density at radius 3 is 2.71 bits per heavy atom. The predicted octanol–water partition coefficient (Wildman–Crippen LogP) is 4.10. The van der Waals surface area contributed by atoms with Crippen molar-refractivity contribution >= 4 is 0 Å². The summed E-state index contributed by atoms with van der Waals surface area (Å²) in [6.45, 7) is 7.43. The highest BCUT2D eigenvalue weighted by Crippen LogP contribution is 2.45. The molecule has 0 spiro atoms. The summed E-state index contributed by atoms with van der Waals surface area (Å²) in [5.41, 5.74) is 0.376. The summed E-state index contributed by atoms with van der Waals surface area (Å²) in [5.74, 6) is 1.35. The van der Waals surface area contributed by atoms with Crippen LogP contribution in [0.3, 0.4) is 0 Å². The number of para-hydroxylation sites is 1. The number of benzene rings is 1. The summed E-state index contributed by atoms with van der Waals surface area (Å²) < 4.78 is 11.8. The minimum atomic E-state index is -0.636. The van der Waals surface area contributed by atoms with E-state index in [4.69, 9.17) is 9.47 Å². The molecule has 1 aliphatic carbocycles. The van der Waals surface area contributed by atoms with Crippen molar-refractivity contribution < 1.29 is 14.6 Å². The van der Waals surface area contributed by atoms with Gasteiger partial charge in [-0.25, -0.2) is 0 Å². The van der Waals surface area contributed by atoms with E-state index in [1.807, 2.05) is 38.1 Å². The second-order valence-electron chi connectivity index (χ2n) is 6.07. The number of hydrogen-bond donors (Lipinski definition) is 1. The van der Waals surface area contributed by atoms with Gasteiger partial charge >= 0.3 is 0 Å². The molecule has 21 heavy (non-hydrogen) atoms. The van der Waals surface area contributed by atoms with Gasteiger partial charge in [-0.05, 0) is 38.7 Å². The minimum Gasteiger partial charge on any atom is -0.493 e. The van der Waals surface area contributed by atoms with Crippen LogP contribution in [0.4, 0.5) is 0 Å². The monoisotopic (exact) mass is 292 g/mol. The third kappa shape index (κ3) is 3.58. The molecule has 118 valence electrons. The van der Waals surface area contributed by atoms with Gasteiger partial charge in [-0.2, -0.15) is 0 Å². The molecular weight excluding hydrogens is 264 g/mol. The van der Waals surface area contributed by atoms with Crippen molar-refractivity contribution in [2.45, 2.75) is 58.2 Å². The third-order valence-corrected chi connectivity index (χ3v) is 4.43. The molecule has 1 aromatic rings. The van der Waals surface area contributed by atoms with E-state index in [2.05, 4.69) is 6.92 Å². The van der Waals surface area contributed by atoms with Crippen LogP contribution >= 0.6 is 0 Å². The standard InChI is InChI=1S/C18H28O3/c1-4-20-16-11-7-6-10-15(16)17(19)18(21-5-2)12-8-9-14(3)13-18/h6-7,10-11,14,17,19H,4-5,8-9,12-13H2,1-3H3. The Balaban J connectivity index is 2.32. The highest BCUT2D eigenvalue weighted by Gasteiger charge is 2.43.